The van der Waals surface area contributed by atoms with Gasteiger partial charge in [0.05, 0.1) is 10.2 Å². The summed E-state index contributed by atoms with van der Waals surface area (Å²) >= 11 is 1.55. The molecular formula is C23H27N3O2S. The van der Waals surface area contributed by atoms with E-state index in [9.17, 15) is 4.79 Å². The summed E-state index contributed by atoms with van der Waals surface area (Å²) in [7, 11) is 0. The lowest BCUT2D eigenvalue weighted by Gasteiger charge is -2.39. The third-order valence-electron chi connectivity index (χ3n) is 5.42. The number of piperidine rings is 1. The number of aromatic nitrogens is 1. The van der Waals surface area contributed by atoms with Crippen molar-refractivity contribution in [2.75, 3.05) is 13.1 Å². The van der Waals surface area contributed by atoms with E-state index in [1.54, 1.807) is 11.3 Å². The maximum Gasteiger partial charge on any atom is 0.279 e. The standard InChI is InChI=1S/C23H27N3O2S/c1-16(2)21(27)26-23(11-13-24-14-12-23)15-17-7-9-18(10-8-17)28-22-25-19-5-3-4-6-20(19)29-22/h3-10,16,24H,11-15H2,1-2H3,(H,26,27). The Hall–Kier alpha value is -2.44. The molecular weight excluding hydrogens is 382 g/mol. The van der Waals surface area contributed by atoms with E-state index in [0.717, 1.165) is 48.3 Å². The van der Waals surface area contributed by atoms with Gasteiger partial charge in [0.25, 0.3) is 5.19 Å². The number of carbonyl (C=O) groups is 1. The first kappa shape index (κ1) is 19.9. The minimum absolute atomic E-state index is 0.00801. The Morgan fingerprint density at radius 2 is 1.90 bits per heavy atom. The topological polar surface area (TPSA) is 63.2 Å². The van der Waals surface area contributed by atoms with Crippen LogP contribution in [0.15, 0.2) is 48.5 Å². The van der Waals surface area contributed by atoms with Gasteiger partial charge in [-0.3, -0.25) is 4.79 Å². The number of thiazole rings is 1. The highest BCUT2D eigenvalue weighted by Gasteiger charge is 2.34. The van der Waals surface area contributed by atoms with Crippen LogP contribution in [-0.2, 0) is 11.2 Å². The fourth-order valence-electron chi connectivity index (χ4n) is 3.72. The van der Waals surface area contributed by atoms with Crippen LogP contribution in [0.5, 0.6) is 10.9 Å². The summed E-state index contributed by atoms with van der Waals surface area (Å²) in [6, 6.07) is 16.2. The molecule has 0 radical (unpaired) electrons. The summed E-state index contributed by atoms with van der Waals surface area (Å²) in [5, 5.41) is 7.38. The fraction of sp³-hybridized carbons (Fsp3) is 0.391. The Kier molecular flexibility index (Phi) is 5.83. The van der Waals surface area contributed by atoms with Gasteiger partial charge >= 0.3 is 0 Å². The molecule has 4 rings (SSSR count). The van der Waals surface area contributed by atoms with E-state index in [-0.39, 0.29) is 17.4 Å². The Morgan fingerprint density at radius 1 is 1.17 bits per heavy atom. The van der Waals surface area contributed by atoms with E-state index >= 15 is 0 Å². The van der Waals surface area contributed by atoms with Gasteiger partial charge in [0.15, 0.2) is 0 Å². The highest BCUT2D eigenvalue weighted by atomic mass is 32.1. The van der Waals surface area contributed by atoms with Crippen LogP contribution in [0.1, 0.15) is 32.3 Å². The van der Waals surface area contributed by atoms with Crippen molar-refractivity contribution in [2.45, 2.75) is 38.6 Å². The number of nitrogens with one attached hydrogen (secondary N) is 2. The maximum absolute atomic E-state index is 12.4. The van der Waals surface area contributed by atoms with E-state index in [0.29, 0.717) is 5.19 Å². The van der Waals surface area contributed by atoms with Crippen molar-refractivity contribution >= 4 is 27.5 Å². The third-order valence-corrected chi connectivity index (χ3v) is 6.33. The van der Waals surface area contributed by atoms with Gasteiger partial charge in [-0.25, -0.2) is 4.98 Å². The van der Waals surface area contributed by atoms with E-state index in [2.05, 4.69) is 27.8 Å². The Labute approximate surface area is 175 Å². The van der Waals surface area contributed by atoms with Gasteiger partial charge in [0, 0.05) is 11.5 Å². The minimum Gasteiger partial charge on any atom is -0.431 e. The summed E-state index contributed by atoms with van der Waals surface area (Å²) in [4.78, 5) is 16.9. The number of benzene rings is 2. The van der Waals surface area contributed by atoms with Crippen molar-refractivity contribution in [1.29, 1.82) is 0 Å². The summed E-state index contributed by atoms with van der Waals surface area (Å²) in [5.41, 5.74) is 1.98. The molecule has 6 heteroatoms. The number of amides is 1. The smallest absolute Gasteiger partial charge is 0.279 e. The second-order valence-corrected chi connectivity index (χ2v) is 9.04. The molecule has 1 aliphatic heterocycles. The molecule has 2 aromatic carbocycles. The van der Waals surface area contributed by atoms with Crippen LogP contribution in [0.3, 0.4) is 0 Å². The first-order valence-corrected chi connectivity index (χ1v) is 11.0. The van der Waals surface area contributed by atoms with Crippen molar-refractivity contribution in [2.24, 2.45) is 5.92 Å². The molecule has 3 aromatic rings. The second kappa shape index (κ2) is 8.51. The molecule has 1 aromatic heterocycles. The van der Waals surface area contributed by atoms with E-state index in [1.807, 2.05) is 50.2 Å². The summed E-state index contributed by atoms with van der Waals surface area (Å²) < 4.78 is 7.08. The lowest BCUT2D eigenvalue weighted by Crippen LogP contribution is -2.56. The number of hydrogen-bond acceptors (Lipinski definition) is 5. The van der Waals surface area contributed by atoms with Crippen LogP contribution in [-0.4, -0.2) is 29.5 Å². The molecule has 1 aliphatic rings. The predicted molar refractivity (Wildman–Crippen MR) is 118 cm³/mol. The lowest BCUT2D eigenvalue weighted by atomic mass is 9.82. The van der Waals surface area contributed by atoms with Crippen LogP contribution in [0.25, 0.3) is 10.2 Å². The molecule has 0 bridgehead atoms. The molecule has 152 valence electrons. The van der Waals surface area contributed by atoms with E-state index < -0.39 is 0 Å². The number of hydrogen-bond donors (Lipinski definition) is 2. The average molecular weight is 410 g/mol. The van der Waals surface area contributed by atoms with E-state index in [1.165, 1.54) is 5.56 Å². The number of nitrogens with zero attached hydrogens (tertiary/aromatic N) is 1. The van der Waals surface area contributed by atoms with Gasteiger partial charge in [-0.15, -0.1) is 0 Å². The lowest BCUT2D eigenvalue weighted by molar-refractivity contribution is -0.126. The van der Waals surface area contributed by atoms with E-state index in [4.69, 9.17) is 4.74 Å². The highest BCUT2D eigenvalue weighted by Crippen LogP contribution is 2.32. The number of para-hydroxylation sites is 1. The van der Waals surface area contributed by atoms with Crippen LogP contribution in [0.2, 0.25) is 0 Å². The molecule has 0 saturated carbocycles. The molecule has 1 amide bonds. The Bertz CT molecular complexity index is 942. The number of rotatable bonds is 6. The quantitative estimate of drug-likeness (QED) is 0.628. The predicted octanol–water partition coefficient (Wildman–Crippen LogP) is 4.53. The Balaban J connectivity index is 1.46. The van der Waals surface area contributed by atoms with Gasteiger partial charge in [0.2, 0.25) is 5.91 Å². The molecule has 29 heavy (non-hydrogen) atoms. The molecule has 2 N–H and O–H groups in total. The number of ether oxygens (including phenoxy) is 1. The molecule has 0 unspecified atom stereocenters. The van der Waals surface area contributed by atoms with Crippen molar-refractivity contribution in [3.8, 4) is 10.9 Å². The zero-order chi connectivity index (χ0) is 20.3. The molecule has 1 saturated heterocycles. The maximum atomic E-state index is 12.4. The van der Waals surface area contributed by atoms with Gasteiger partial charge in [-0.05, 0) is 62.2 Å². The summed E-state index contributed by atoms with van der Waals surface area (Å²) in [6.07, 6.45) is 2.71. The largest absolute Gasteiger partial charge is 0.431 e. The normalized spacial score (nSPS) is 16.1. The summed E-state index contributed by atoms with van der Waals surface area (Å²) in [6.45, 7) is 5.74. The molecule has 0 aliphatic carbocycles. The molecule has 5 nitrogen and oxygen atoms in total. The van der Waals surface area contributed by atoms with Gasteiger partial charge in [0.1, 0.15) is 5.75 Å². The first-order valence-electron chi connectivity index (χ1n) is 10.2. The Morgan fingerprint density at radius 3 is 2.59 bits per heavy atom. The monoisotopic (exact) mass is 409 g/mol. The second-order valence-electron chi connectivity index (χ2n) is 8.04. The molecule has 0 spiro atoms. The van der Waals surface area contributed by atoms with Gasteiger partial charge < -0.3 is 15.4 Å². The highest BCUT2D eigenvalue weighted by molar-refractivity contribution is 7.20. The minimum atomic E-state index is -0.179. The van der Waals surface area contributed by atoms with Crippen molar-refractivity contribution < 1.29 is 9.53 Å². The molecule has 0 atom stereocenters. The van der Waals surface area contributed by atoms with Crippen molar-refractivity contribution in [3.05, 3.63) is 54.1 Å². The van der Waals surface area contributed by atoms with Crippen molar-refractivity contribution in [1.82, 2.24) is 15.6 Å². The van der Waals surface area contributed by atoms with Crippen LogP contribution >= 0.6 is 11.3 Å². The molecule has 2 heterocycles. The third kappa shape index (κ3) is 4.77. The van der Waals surface area contributed by atoms with Gasteiger partial charge in [-0.1, -0.05) is 49.4 Å². The van der Waals surface area contributed by atoms with Crippen LogP contribution in [0.4, 0.5) is 0 Å². The zero-order valence-electron chi connectivity index (χ0n) is 16.9. The van der Waals surface area contributed by atoms with Crippen LogP contribution < -0.4 is 15.4 Å². The van der Waals surface area contributed by atoms with Gasteiger partial charge in [-0.2, -0.15) is 0 Å². The SMILES string of the molecule is CC(C)C(=O)NC1(Cc2ccc(Oc3nc4ccccc4s3)cc2)CCNCC1. The fourth-order valence-corrected chi connectivity index (χ4v) is 4.55. The summed E-state index contributed by atoms with van der Waals surface area (Å²) in [5.74, 6) is 0.896. The zero-order valence-corrected chi connectivity index (χ0v) is 17.7. The first-order chi connectivity index (χ1) is 14.0. The van der Waals surface area contributed by atoms with Crippen LogP contribution in [0, 0.1) is 5.92 Å². The number of carbonyl (C=O) groups excluding carboxylic acids is 1. The van der Waals surface area contributed by atoms with Crippen molar-refractivity contribution in [3.63, 3.8) is 0 Å². The molecule has 1 fully saturated rings. The average Bonchev–Trinajstić information content (AvgIpc) is 3.12. The number of fused-ring (bicyclic) bond motifs is 1.